The molecule has 0 radical (unpaired) electrons. The molecule has 0 spiro atoms. The Labute approximate surface area is 167 Å². The van der Waals surface area contributed by atoms with Crippen LogP contribution < -0.4 is 9.47 Å². The second-order valence-corrected chi connectivity index (χ2v) is 8.81. The molecule has 1 aliphatic carbocycles. The Balaban J connectivity index is 1.95. The van der Waals surface area contributed by atoms with Gasteiger partial charge in [-0.2, -0.15) is 0 Å². The zero-order valence-electron chi connectivity index (χ0n) is 17.7. The first kappa shape index (κ1) is 20.8. The van der Waals surface area contributed by atoms with E-state index in [2.05, 4.69) is 0 Å². The van der Waals surface area contributed by atoms with Crippen molar-refractivity contribution in [3.05, 3.63) is 23.8 Å². The van der Waals surface area contributed by atoms with Crippen LogP contribution in [0.25, 0.3) is 0 Å². The minimum atomic E-state index is -0.979. The first-order valence-electron chi connectivity index (χ1n) is 10.1. The lowest BCUT2D eigenvalue weighted by Gasteiger charge is -2.41. The number of carbonyl (C=O) groups excluding carboxylic acids is 1. The van der Waals surface area contributed by atoms with Gasteiger partial charge < -0.3 is 24.2 Å². The Kier molecular flexibility index (Phi) is 5.80. The predicted octanol–water partition coefficient (Wildman–Crippen LogP) is 3.96. The van der Waals surface area contributed by atoms with Gasteiger partial charge in [0, 0.05) is 24.4 Å². The fourth-order valence-corrected chi connectivity index (χ4v) is 4.54. The van der Waals surface area contributed by atoms with Gasteiger partial charge in [-0.15, -0.1) is 0 Å². The third-order valence-electron chi connectivity index (χ3n) is 6.71. The minimum Gasteiger partial charge on any atom is -0.493 e. The van der Waals surface area contributed by atoms with Gasteiger partial charge in [0.25, 0.3) is 0 Å². The summed E-state index contributed by atoms with van der Waals surface area (Å²) < 4.78 is 16.7. The largest absolute Gasteiger partial charge is 0.493 e. The molecule has 0 bridgehead atoms. The highest BCUT2D eigenvalue weighted by molar-refractivity contribution is 5.68. The Hall–Kier alpha value is -1.95. The third kappa shape index (κ3) is 3.79. The summed E-state index contributed by atoms with van der Waals surface area (Å²) in [4.78, 5) is 13.9. The number of aliphatic hydroxyl groups is 1. The van der Waals surface area contributed by atoms with Crippen LogP contribution in [0.4, 0.5) is 4.79 Å². The minimum absolute atomic E-state index is 0.0524. The van der Waals surface area contributed by atoms with E-state index < -0.39 is 11.0 Å². The molecule has 1 saturated heterocycles. The molecule has 1 amide bonds. The summed E-state index contributed by atoms with van der Waals surface area (Å²) in [6.45, 7) is 6.56. The van der Waals surface area contributed by atoms with E-state index in [9.17, 15) is 9.90 Å². The van der Waals surface area contributed by atoms with Gasteiger partial charge in [0.2, 0.25) is 0 Å². The van der Waals surface area contributed by atoms with Crippen molar-refractivity contribution in [1.82, 2.24) is 4.90 Å². The maximum absolute atomic E-state index is 12.2. The van der Waals surface area contributed by atoms with Crippen molar-refractivity contribution >= 4 is 6.09 Å². The molecule has 1 saturated carbocycles. The first-order valence-corrected chi connectivity index (χ1v) is 10.1. The Morgan fingerprint density at radius 2 is 1.89 bits per heavy atom. The van der Waals surface area contributed by atoms with Crippen molar-refractivity contribution in [2.24, 2.45) is 5.41 Å². The van der Waals surface area contributed by atoms with Crippen LogP contribution in [-0.2, 0) is 4.74 Å². The summed E-state index contributed by atoms with van der Waals surface area (Å²) in [6, 6.07) is 5.95. The summed E-state index contributed by atoms with van der Waals surface area (Å²) in [5.41, 5.74) is -0.474. The third-order valence-corrected chi connectivity index (χ3v) is 6.71. The van der Waals surface area contributed by atoms with Gasteiger partial charge in [0.15, 0.2) is 11.5 Å². The highest BCUT2D eigenvalue weighted by atomic mass is 16.5. The van der Waals surface area contributed by atoms with Gasteiger partial charge in [-0.25, -0.2) is 4.79 Å². The van der Waals surface area contributed by atoms with Gasteiger partial charge in [-0.05, 0) is 57.2 Å². The van der Waals surface area contributed by atoms with Crippen LogP contribution in [0.5, 0.6) is 11.5 Å². The highest BCUT2D eigenvalue weighted by Crippen LogP contribution is 2.50. The number of nitrogens with zero attached hydrogens (tertiary/aromatic N) is 1. The fourth-order valence-electron chi connectivity index (χ4n) is 4.54. The number of hydrogen-bond acceptors (Lipinski definition) is 5. The lowest BCUT2D eigenvalue weighted by Crippen LogP contribution is -2.46. The van der Waals surface area contributed by atoms with E-state index in [1.807, 2.05) is 25.1 Å². The van der Waals surface area contributed by atoms with Crippen LogP contribution in [0, 0.1) is 5.41 Å². The second-order valence-electron chi connectivity index (χ2n) is 8.81. The number of benzene rings is 1. The quantitative estimate of drug-likeness (QED) is 0.823. The zero-order chi connectivity index (χ0) is 20.5. The molecule has 1 N–H and O–H groups in total. The maximum Gasteiger partial charge on any atom is 0.409 e. The topological polar surface area (TPSA) is 68.2 Å². The summed E-state index contributed by atoms with van der Waals surface area (Å²) in [5.74, 6) is 1.40. The van der Waals surface area contributed by atoms with Gasteiger partial charge in [-0.1, -0.05) is 13.0 Å². The Morgan fingerprint density at radius 1 is 1.21 bits per heavy atom. The number of hydrogen-bond donors (Lipinski definition) is 1. The molecular formula is C22H33NO5. The van der Waals surface area contributed by atoms with Crippen LogP contribution in [0.3, 0.4) is 0 Å². The zero-order valence-corrected chi connectivity index (χ0v) is 17.7. The lowest BCUT2D eigenvalue weighted by molar-refractivity contribution is -0.0468. The average Bonchev–Trinajstić information content (AvgIpc) is 3.29. The Bertz CT molecular complexity index is 707. The number of likely N-dealkylation sites (tertiary alicyclic amines) is 1. The highest BCUT2D eigenvalue weighted by Gasteiger charge is 2.53. The van der Waals surface area contributed by atoms with E-state index in [4.69, 9.17) is 14.2 Å². The molecule has 6 nitrogen and oxygen atoms in total. The van der Waals surface area contributed by atoms with E-state index >= 15 is 0 Å². The molecule has 2 fully saturated rings. The summed E-state index contributed by atoms with van der Waals surface area (Å²) in [7, 11) is 3.03. The van der Waals surface area contributed by atoms with E-state index in [0.29, 0.717) is 18.8 Å². The summed E-state index contributed by atoms with van der Waals surface area (Å²) in [6.07, 6.45) is 4.37. The molecule has 2 aliphatic rings. The van der Waals surface area contributed by atoms with Crippen molar-refractivity contribution < 1.29 is 24.1 Å². The molecule has 0 aromatic heterocycles. The van der Waals surface area contributed by atoms with E-state index in [1.54, 1.807) is 25.9 Å². The van der Waals surface area contributed by atoms with Gasteiger partial charge in [-0.3, -0.25) is 0 Å². The van der Waals surface area contributed by atoms with Crippen molar-refractivity contribution in [3.63, 3.8) is 0 Å². The number of ether oxygens (including phenoxy) is 3. The number of methoxy groups -OCH3 is 2. The normalized spacial score (nSPS) is 25.8. The molecule has 2 atom stereocenters. The second kappa shape index (κ2) is 7.82. The molecule has 0 unspecified atom stereocenters. The van der Waals surface area contributed by atoms with Crippen molar-refractivity contribution in [2.45, 2.75) is 64.1 Å². The van der Waals surface area contributed by atoms with Gasteiger partial charge in [0.05, 0.1) is 25.9 Å². The molecule has 1 aromatic carbocycles. The SMILES string of the molecule is COC(=O)N1C[C@@H](c2ccc(OC)c(OC3CCCC3)c2)[C@](C)(C(C)(C)O)C1. The molecule has 156 valence electrons. The predicted molar refractivity (Wildman–Crippen MR) is 107 cm³/mol. The number of rotatable bonds is 5. The van der Waals surface area contributed by atoms with E-state index in [0.717, 1.165) is 24.2 Å². The van der Waals surface area contributed by atoms with E-state index in [-0.39, 0.29) is 18.1 Å². The van der Waals surface area contributed by atoms with Gasteiger partial charge >= 0.3 is 6.09 Å². The maximum atomic E-state index is 12.2. The van der Waals surface area contributed by atoms with Gasteiger partial charge in [0.1, 0.15) is 0 Å². The molecule has 1 heterocycles. The molecule has 1 aromatic rings. The number of carbonyl (C=O) groups is 1. The van der Waals surface area contributed by atoms with Crippen molar-refractivity contribution in [3.8, 4) is 11.5 Å². The molecular weight excluding hydrogens is 358 g/mol. The van der Waals surface area contributed by atoms with E-state index in [1.165, 1.54) is 20.0 Å². The van der Waals surface area contributed by atoms with Crippen LogP contribution in [-0.4, -0.2) is 55.1 Å². The fraction of sp³-hybridized carbons (Fsp3) is 0.682. The van der Waals surface area contributed by atoms with Crippen LogP contribution >= 0.6 is 0 Å². The summed E-state index contributed by atoms with van der Waals surface area (Å²) >= 11 is 0. The summed E-state index contributed by atoms with van der Waals surface area (Å²) in [5, 5.41) is 10.9. The molecule has 28 heavy (non-hydrogen) atoms. The van der Waals surface area contributed by atoms with Crippen molar-refractivity contribution in [2.75, 3.05) is 27.3 Å². The first-order chi connectivity index (χ1) is 13.2. The number of amides is 1. The molecule has 1 aliphatic heterocycles. The smallest absolute Gasteiger partial charge is 0.409 e. The molecule has 6 heteroatoms. The average molecular weight is 392 g/mol. The van der Waals surface area contributed by atoms with Crippen molar-refractivity contribution in [1.29, 1.82) is 0 Å². The van der Waals surface area contributed by atoms with Crippen LogP contribution in [0.15, 0.2) is 18.2 Å². The molecule has 3 rings (SSSR count). The monoisotopic (exact) mass is 391 g/mol. The lowest BCUT2D eigenvalue weighted by atomic mass is 9.66. The van der Waals surface area contributed by atoms with Crippen LogP contribution in [0.2, 0.25) is 0 Å². The van der Waals surface area contributed by atoms with Crippen LogP contribution in [0.1, 0.15) is 57.9 Å². The Morgan fingerprint density at radius 3 is 2.46 bits per heavy atom. The standard InChI is InChI=1S/C22H33NO5/c1-21(2,25)22(3)14-23(20(24)27-5)13-17(22)15-10-11-18(26-4)19(12-15)28-16-8-6-7-9-16/h10-12,16-17,25H,6-9,13-14H2,1-5H3/t17-,22+/m0/s1.